The summed E-state index contributed by atoms with van der Waals surface area (Å²) in [6.45, 7) is 6.07. The van der Waals surface area contributed by atoms with E-state index in [1.807, 2.05) is 6.07 Å². The Morgan fingerprint density at radius 3 is 2.47 bits per heavy atom. The Labute approximate surface area is 116 Å². The minimum atomic E-state index is 0.303. The molecule has 0 bridgehead atoms. The average Bonchev–Trinajstić information content (AvgIpc) is 2.40. The predicted octanol–water partition coefficient (Wildman–Crippen LogP) is 2.22. The van der Waals surface area contributed by atoms with Crippen molar-refractivity contribution in [3.8, 4) is 0 Å². The maximum absolute atomic E-state index is 12.3. The van der Waals surface area contributed by atoms with Gasteiger partial charge in [0.25, 0.3) is 0 Å². The molecule has 1 fully saturated rings. The minimum absolute atomic E-state index is 0.303. The van der Waals surface area contributed by atoms with Crippen LogP contribution in [0.15, 0.2) is 30.3 Å². The summed E-state index contributed by atoms with van der Waals surface area (Å²) >= 11 is 0. The number of nitrogens with zero attached hydrogens (tertiary/aromatic N) is 1. The van der Waals surface area contributed by atoms with Crippen molar-refractivity contribution in [1.29, 1.82) is 0 Å². The van der Waals surface area contributed by atoms with Crippen LogP contribution in [0.2, 0.25) is 0 Å². The zero-order chi connectivity index (χ0) is 13.7. The Morgan fingerprint density at radius 1 is 1.21 bits per heavy atom. The third kappa shape index (κ3) is 3.80. The molecule has 3 heteroatoms. The van der Waals surface area contributed by atoms with Gasteiger partial charge >= 0.3 is 0 Å². The fourth-order valence-corrected chi connectivity index (χ4v) is 2.84. The lowest BCUT2D eigenvalue weighted by Gasteiger charge is -2.39. The summed E-state index contributed by atoms with van der Waals surface area (Å²) < 4.78 is 0. The van der Waals surface area contributed by atoms with Crippen LogP contribution in [0.3, 0.4) is 0 Å². The van der Waals surface area contributed by atoms with Gasteiger partial charge in [0.05, 0.1) is 0 Å². The number of rotatable bonds is 4. The normalized spacial score (nSPS) is 23.4. The molecule has 1 aromatic carbocycles. The highest BCUT2D eigenvalue weighted by molar-refractivity contribution is 5.77. The third-order valence-electron chi connectivity index (χ3n) is 3.82. The van der Waals surface area contributed by atoms with Gasteiger partial charge in [-0.2, -0.15) is 0 Å². The van der Waals surface area contributed by atoms with Crippen LogP contribution in [0, 0.1) is 0 Å². The molecule has 0 aliphatic carbocycles. The summed E-state index contributed by atoms with van der Waals surface area (Å²) in [4.78, 5) is 14.4. The molecule has 1 saturated heterocycles. The highest BCUT2D eigenvalue weighted by Gasteiger charge is 2.27. The Bertz CT molecular complexity index is 394. The van der Waals surface area contributed by atoms with Crippen molar-refractivity contribution in [2.45, 2.75) is 45.2 Å². The first-order chi connectivity index (χ1) is 9.18. The van der Waals surface area contributed by atoms with Crippen LogP contribution in [-0.4, -0.2) is 36.0 Å². The van der Waals surface area contributed by atoms with E-state index >= 15 is 0 Å². The summed E-state index contributed by atoms with van der Waals surface area (Å²) in [6, 6.07) is 11.0. The van der Waals surface area contributed by atoms with Crippen LogP contribution < -0.4 is 5.32 Å². The molecule has 0 saturated carbocycles. The lowest BCUT2D eigenvalue weighted by molar-refractivity contribution is -0.136. The predicted molar refractivity (Wildman–Crippen MR) is 78.0 cm³/mol. The number of nitrogens with one attached hydrogen (secondary N) is 1. The van der Waals surface area contributed by atoms with Crippen molar-refractivity contribution in [2.75, 3.05) is 13.1 Å². The Kier molecular flexibility index (Phi) is 4.97. The van der Waals surface area contributed by atoms with Crippen molar-refractivity contribution in [3.63, 3.8) is 0 Å². The van der Waals surface area contributed by atoms with Gasteiger partial charge < -0.3 is 10.2 Å². The third-order valence-corrected chi connectivity index (χ3v) is 3.82. The lowest BCUT2D eigenvalue weighted by Crippen LogP contribution is -2.57. The van der Waals surface area contributed by atoms with Gasteiger partial charge in [0, 0.05) is 31.6 Å². The molecule has 0 radical (unpaired) electrons. The highest BCUT2D eigenvalue weighted by Crippen LogP contribution is 2.13. The van der Waals surface area contributed by atoms with E-state index in [0.717, 1.165) is 25.9 Å². The second-order valence-corrected chi connectivity index (χ2v) is 5.50. The highest BCUT2D eigenvalue weighted by atomic mass is 16.2. The monoisotopic (exact) mass is 260 g/mol. The van der Waals surface area contributed by atoms with Crippen LogP contribution in [-0.2, 0) is 11.2 Å². The number of benzene rings is 1. The fourth-order valence-electron chi connectivity index (χ4n) is 2.84. The maximum atomic E-state index is 12.3. The van der Waals surface area contributed by atoms with Gasteiger partial charge in [-0.05, 0) is 32.3 Å². The Morgan fingerprint density at radius 2 is 1.84 bits per heavy atom. The second kappa shape index (κ2) is 6.71. The van der Waals surface area contributed by atoms with Crippen molar-refractivity contribution < 1.29 is 4.79 Å². The van der Waals surface area contributed by atoms with E-state index in [9.17, 15) is 4.79 Å². The Hall–Kier alpha value is -1.35. The number of carbonyl (C=O) groups excluding carboxylic acids is 1. The van der Waals surface area contributed by atoms with Crippen LogP contribution in [0.1, 0.15) is 32.3 Å². The molecule has 1 aliphatic rings. The molecule has 104 valence electrons. The first-order valence-corrected chi connectivity index (χ1v) is 7.24. The van der Waals surface area contributed by atoms with Crippen molar-refractivity contribution in [3.05, 3.63) is 35.9 Å². The van der Waals surface area contributed by atoms with Crippen molar-refractivity contribution in [2.24, 2.45) is 0 Å². The van der Waals surface area contributed by atoms with Gasteiger partial charge in [0.2, 0.25) is 5.91 Å². The van der Waals surface area contributed by atoms with Crippen LogP contribution in [0.4, 0.5) is 0 Å². The smallest absolute Gasteiger partial charge is 0.223 e. The van der Waals surface area contributed by atoms with E-state index < -0.39 is 0 Å². The molecule has 0 spiro atoms. The lowest BCUT2D eigenvalue weighted by atomic mass is 10.1. The molecule has 1 aliphatic heterocycles. The molecule has 2 unspecified atom stereocenters. The molecule has 2 rings (SSSR count). The molecule has 1 amide bonds. The van der Waals surface area contributed by atoms with Crippen LogP contribution in [0.5, 0.6) is 0 Å². The van der Waals surface area contributed by atoms with E-state index in [1.54, 1.807) is 0 Å². The van der Waals surface area contributed by atoms with Gasteiger partial charge in [-0.25, -0.2) is 0 Å². The minimum Gasteiger partial charge on any atom is -0.335 e. The summed E-state index contributed by atoms with van der Waals surface area (Å²) in [5.41, 5.74) is 1.32. The number of piperazine rings is 1. The maximum Gasteiger partial charge on any atom is 0.223 e. The van der Waals surface area contributed by atoms with Crippen molar-refractivity contribution in [1.82, 2.24) is 10.2 Å². The number of aryl methyl sites for hydroxylation is 1. The molecule has 19 heavy (non-hydrogen) atoms. The standard InChI is InChI=1S/C16H24N2O/c1-13-11-17-12-14(2)18(13)16(19)10-6-9-15-7-4-3-5-8-15/h3-5,7-8,13-14,17H,6,9-12H2,1-2H3. The SMILES string of the molecule is CC1CNCC(C)N1C(=O)CCCc1ccccc1. The van der Waals surface area contributed by atoms with Gasteiger partial charge in [0.1, 0.15) is 0 Å². The quantitative estimate of drug-likeness (QED) is 0.900. The summed E-state index contributed by atoms with van der Waals surface area (Å²) in [6.07, 6.45) is 2.58. The first kappa shape index (κ1) is 14.1. The summed E-state index contributed by atoms with van der Waals surface area (Å²) in [5.74, 6) is 0.303. The number of amides is 1. The van der Waals surface area contributed by atoms with E-state index in [-0.39, 0.29) is 0 Å². The molecule has 3 nitrogen and oxygen atoms in total. The topological polar surface area (TPSA) is 32.3 Å². The van der Waals surface area contributed by atoms with Crippen molar-refractivity contribution >= 4 is 5.91 Å². The molecule has 1 heterocycles. The van der Waals surface area contributed by atoms with Crippen LogP contribution >= 0.6 is 0 Å². The van der Waals surface area contributed by atoms with Gasteiger partial charge in [0.15, 0.2) is 0 Å². The van der Waals surface area contributed by atoms with Gasteiger partial charge in [-0.3, -0.25) is 4.79 Å². The number of hydrogen-bond acceptors (Lipinski definition) is 2. The largest absolute Gasteiger partial charge is 0.335 e. The van der Waals surface area contributed by atoms with E-state index in [4.69, 9.17) is 0 Å². The molecule has 1 N–H and O–H groups in total. The molecule has 1 aromatic rings. The summed E-state index contributed by atoms with van der Waals surface area (Å²) in [5, 5.41) is 3.36. The van der Waals surface area contributed by atoms with Gasteiger partial charge in [-0.1, -0.05) is 30.3 Å². The van der Waals surface area contributed by atoms with Crippen LogP contribution in [0.25, 0.3) is 0 Å². The first-order valence-electron chi connectivity index (χ1n) is 7.24. The van der Waals surface area contributed by atoms with Gasteiger partial charge in [-0.15, -0.1) is 0 Å². The van der Waals surface area contributed by atoms with E-state index in [2.05, 4.69) is 48.3 Å². The average molecular weight is 260 g/mol. The number of hydrogen-bond donors (Lipinski definition) is 1. The molecular weight excluding hydrogens is 236 g/mol. The fraction of sp³-hybridized carbons (Fsp3) is 0.562. The van der Waals surface area contributed by atoms with E-state index in [0.29, 0.717) is 24.4 Å². The second-order valence-electron chi connectivity index (χ2n) is 5.50. The zero-order valence-corrected chi connectivity index (χ0v) is 11.9. The summed E-state index contributed by atoms with van der Waals surface area (Å²) in [7, 11) is 0. The molecular formula is C16H24N2O. The molecule has 2 atom stereocenters. The Balaban J connectivity index is 1.80. The number of carbonyl (C=O) groups is 1. The zero-order valence-electron chi connectivity index (χ0n) is 11.9. The molecule has 0 aromatic heterocycles. The van der Waals surface area contributed by atoms with E-state index in [1.165, 1.54) is 5.56 Å².